The molecule has 1 N–H and O–H groups in total. The summed E-state index contributed by atoms with van der Waals surface area (Å²) in [6, 6.07) is 16.8. The molecule has 1 fully saturated rings. The van der Waals surface area contributed by atoms with E-state index in [0.717, 1.165) is 36.6 Å². The second-order valence-corrected chi connectivity index (χ2v) is 7.43. The Kier molecular flexibility index (Phi) is 7.45. The molecule has 1 heterocycles. The molecule has 2 aromatic rings. The lowest BCUT2D eigenvalue weighted by Crippen LogP contribution is -2.56. The number of hydrogen-bond donors (Lipinski definition) is 1. The number of nitrogens with zero attached hydrogens (tertiary/aromatic N) is 1. The smallest absolute Gasteiger partial charge is 0.331 e. The maximum absolute atomic E-state index is 11.4. The summed E-state index contributed by atoms with van der Waals surface area (Å²) in [4.78, 5) is 13.7. The number of carbonyl (C=O) groups is 1. The number of piperazine rings is 1. The molecular weight excluding hydrogens is 376 g/mol. The first-order valence-corrected chi connectivity index (χ1v) is 9.94. The lowest BCUT2D eigenvalue weighted by molar-refractivity contribution is -0.154. The maximum atomic E-state index is 11.4. The molecule has 3 rings (SSSR count). The third kappa shape index (κ3) is 5.55. The van der Waals surface area contributed by atoms with Crippen molar-refractivity contribution in [2.75, 3.05) is 33.4 Å². The molecule has 0 aliphatic carbocycles. The lowest BCUT2D eigenvalue weighted by atomic mass is 9.99. The molecule has 0 radical (unpaired) electrons. The first-order chi connectivity index (χ1) is 13.6. The summed E-state index contributed by atoms with van der Waals surface area (Å²) in [5, 5.41) is 4.20. The Morgan fingerprint density at radius 2 is 1.82 bits per heavy atom. The average molecular weight is 403 g/mol. The zero-order valence-corrected chi connectivity index (χ0v) is 17.1. The van der Waals surface area contributed by atoms with Gasteiger partial charge in [-0.3, -0.25) is 4.90 Å². The fraction of sp³-hybridized carbons (Fsp3) is 0.409. The number of benzene rings is 2. The van der Waals surface area contributed by atoms with Crippen molar-refractivity contribution < 1.29 is 14.3 Å². The first kappa shape index (κ1) is 20.8. The van der Waals surface area contributed by atoms with Crippen LogP contribution in [0.3, 0.4) is 0 Å². The molecule has 6 heteroatoms. The molecule has 1 aliphatic heterocycles. The van der Waals surface area contributed by atoms with Gasteiger partial charge in [-0.15, -0.1) is 0 Å². The second kappa shape index (κ2) is 10.0. The van der Waals surface area contributed by atoms with E-state index in [4.69, 9.17) is 16.3 Å². The topological polar surface area (TPSA) is 50.8 Å². The molecule has 0 amide bonds. The number of ether oxygens (including phenoxy) is 2. The molecule has 150 valence electrons. The van der Waals surface area contributed by atoms with Crippen LogP contribution in [0.4, 0.5) is 0 Å². The van der Waals surface area contributed by atoms with Crippen molar-refractivity contribution in [2.24, 2.45) is 0 Å². The van der Waals surface area contributed by atoms with Gasteiger partial charge in [-0.25, -0.2) is 4.79 Å². The van der Waals surface area contributed by atoms with Crippen molar-refractivity contribution in [3.8, 4) is 11.1 Å². The van der Waals surface area contributed by atoms with E-state index in [2.05, 4.69) is 39.2 Å². The minimum atomic E-state index is -0.351. The van der Waals surface area contributed by atoms with Gasteiger partial charge in [0.15, 0.2) is 0 Å². The number of hydrogen-bond acceptors (Lipinski definition) is 5. The summed E-state index contributed by atoms with van der Waals surface area (Å²) in [6.07, 6.45) is 0.777. The van der Waals surface area contributed by atoms with E-state index in [1.54, 1.807) is 0 Å². The van der Waals surface area contributed by atoms with Crippen LogP contribution < -0.4 is 5.32 Å². The van der Waals surface area contributed by atoms with Crippen molar-refractivity contribution in [3.05, 3.63) is 59.1 Å². The highest BCUT2D eigenvalue weighted by Crippen LogP contribution is 2.23. The number of rotatable bonds is 7. The molecule has 0 spiro atoms. The van der Waals surface area contributed by atoms with E-state index in [-0.39, 0.29) is 18.8 Å². The fourth-order valence-electron chi connectivity index (χ4n) is 3.54. The molecule has 28 heavy (non-hydrogen) atoms. The molecule has 2 aromatic carbocycles. The maximum Gasteiger partial charge on any atom is 0.331 e. The predicted octanol–water partition coefficient (Wildman–Crippen LogP) is 3.36. The van der Waals surface area contributed by atoms with E-state index in [9.17, 15) is 4.79 Å². The van der Waals surface area contributed by atoms with Crippen molar-refractivity contribution in [1.82, 2.24) is 10.2 Å². The third-order valence-electron chi connectivity index (χ3n) is 5.14. The number of methoxy groups -OCH3 is 1. The largest absolute Gasteiger partial charge is 0.467 e. The normalized spacial score (nSPS) is 18.6. The van der Waals surface area contributed by atoms with E-state index >= 15 is 0 Å². The van der Waals surface area contributed by atoms with Gasteiger partial charge in [0.05, 0.1) is 7.11 Å². The number of halogens is 1. The van der Waals surface area contributed by atoms with Gasteiger partial charge in [0, 0.05) is 30.7 Å². The lowest BCUT2D eigenvalue weighted by Gasteiger charge is -2.39. The van der Waals surface area contributed by atoms with Crippen molar-refractivity contribution in [2.45, 2.75) is 25.6 Å². The summed E-state index contributed by atoms with van der Waals surface area (Å²) >= 11 is 5.97. The van der Waals surface area contributed by atoms with Crippen LogP contribution in [0.15, 0.2) is 48.5 Å². The highest BCUT2D eigenvalue weighted by atomic mass is 35.5. The Bertz CT molecular complexity index is 764. The van der Waals surface area contributed by atoms with Crippen molar-refractivity contribution >= 4 is 17.6 Å². The highest BCUT2D eigenvalue weighted by molar-refractivity contribution is 6.30. The molecule has 5 nitrogen and oxygen atoms in total. The standard InChI is InChI=1S/C22H27ClN2O3/c1-16(28-15-22(26)27-2)25-12-11-24-14-21(25)13-17-3-5-18(6-4-17)19-7-9-20(23)10-8-19/h3-10,16,21,24H,11-15H2,1-2H3. The van der Waals surface area contributed by atoms with Gasteiger partial charge in [-0.1, -0.05) is 48.0 Å². The summed E-state index contributed by atoms with van der Waals surface area (Å²) in [5.41, 5.74) is 3.60. The molecule has 0 bridgehead atoms. The number of esters is 1. The quantitative estimate of drug-likeness (QED) is 0.720. The van der Waals surface area contributed by atoms with Crippen LogP contribution in [0.2, 0.25) is 5.02 Å². The van der Waals surface area contributed by atoms with Gasteiger partial charge >= 0.3 is 5.97 Å². The minimum absolute atomic E-state index is 0.0237. The van der Waals surface area contributed by atoms with Crippen LogP contribution in [0.5, 0.6) is 0 Å². The molecule has 0 aromatic heterocycles. The van der Waals surface area contributed by atoms with Crippen LogP contribution in [0.1, 0.15) is 12.5 Å². The number of nitrogens with one attached hydrogen (secondary N) is 1. The Morgan fingerprint density at radius 1 is 1.18 bits per heavy atom. The Balaban J connectivity index is 1.63. The molecule has 2 unspecified atom stereocenters. The van der Waals surface area contributed by atoms with Gasteiger partial charge in [0.1, 0.15) is 12.8 Å². The van der Waals surface area contributed by atoms with Gasteiger partial charge in [0.25, 0.3) is 0 Å². The summed E-state index contributed by atoms with van der Waals surface area (Å²) in [7, 11) is 1.37. The van der Waals surface area contributed by atoms with E-state index in [1.807, 2.05) is 31.2 Å². The molecule has 2 atom stereocenters. The van der Waals surface area contributed by atoms with E-state index in [1.165, 1.54) is 18.2 Å². The molecule has 0 saturated carbocycles. The van der Waals surface area contributed by atoms with Crippen LogP contribution in [-0.4, -0.2) is 56.5 Å². The summed E-state index contributed by atoms with van der Waals surface area (Å²) in [6.45, 7) is 4.66. The first-order valence-electron chi connectivity index (χ1n) is 9.56. The van der Waals surface area contributed by atoms with Gasteiger partial charge < -0.3 is 14.8 Å². The molecular formula is C22H27ClN2O3. The minimum Gasteiger partial charge on any atom is -0.467 e. The fourth-order valence-corrected chi connectivity index (χ4v) is 3.66. The van der Waals surface area contributed by atoms with Crippen molar-refractivity contribution in [3.63, 3.8) is 0 Å². The average Bonchev–Trinajstić information content (AvgIpc) is 2.73. The van der Waals surface area contributed by atoms with Crippen LogP contribution in [0, 0.1) is 0 Å². The van der Waals surface area contributed by atoms with Gasteiger partial charge in [0.2, 0.25) is 0 Å². The number of carbonyl (C=O) groups excluding carboxylic acids is 1. The van der Waals surface area contributed by atoms with Gasteiger partial charge in [-0.2, -0.15) is 0 Å². The van der Waals surface area contributed by atoms with Crippen molar-refractivity contribution in [1.29, 1.82) is 0 Å². The summed E-state index contributed by atoms with van der Waals surface area (Å²) in [5.74, 6) is -0.351. The highest BCUT2D eigenvalue weighted by Gasteiger charge is 2.27. The SMILES string of the molecule is COC(=O)COC(C)N1CCNCC1Cc1ccc(-c2ccc(Cl)cc2)cc1. The van der Waals surface area contributed by atoms with Crippen LogP contribution in [0.25, 0.3) is 11.1 Å². The summed E-state index contributed by atoms with van der Waals surface area (Å²) < 4.78 is 10.4. The monoisotopic (exact) mass is 402 g/mol. The predicted molar refractivity (Wildman–Crippen MR) is 111 cm³/mol. The molecule has 1 saturated heterocycles. The van der Waals surface area contributed by atoms with Crippen LogP contribution in [-0.2, 0) is 20.7 Å². The van der Waals surface area contributed by atoms with Gasteiger partial charge in [-0.05, 0) is 42.2 Å². The van der Waals surface area contributed by atoms with E-state index in [0.29, 0.717) is 6.04 Å². The Labute approximate surface area is 171 Å². The molecule has 1 aliphatic rings. The van der Waals surface area contributed by atoms with E-state index < -0.39 is 0 Å². The zero-order chi connectivity index (χ0) is 19.9. The Hall–Kier alpha value is -1.92. The third-order valence-corrected chi connectivity index (χ3v) is 5.39. The van der Waals surface area contributed by atoms with Crippen LogP contribution >= 0.6 is 11.6 Å². The zero-order valence-electron chi connectivity index (χ0n) is 16.4. The second-order valence-electron chi connectivity index (χ2n) is 6.99. The Morgan fingerprint density at radius 3 is 2.46 bits per heavy atom.